The molecule has 1 aliphatic rings. The third-order valence-corrected chi connectivity index (χ3v) is 8.66. The molecular formula is C31H20Cl6N2O3. The van der Waals surface area contributed by atoms with Gasteiger partial charge >= 0.3 is 6.03 Å². The molecule has 0 N–H and O–H groups in total. The molecule has 1 heterocycles. The smallest absolute Gasteiger partial charge is 0.332 e. The summed E-state index contributed by atoms with van der Waals surface area (Å²) < 4.78 is 5.87. The van der Waals surface area contributed by atoms with Crippen LogP contribution in [0.4, 0.5) is 4.79 Å². The van der Waals surface area contributed by atoms with E-state index in [1.807, 2.05) is 6.07 Å². The van der Waals surface area contributed by atoms with Crippen LogP contribution in [0.1, 0.15) is 22.3 Å². The van der Waals surface area contributed by atoms with E-state index in [9.17, 15) is 9.59 Å². The molecule has 42 heavy (non-hydrogen) atoms. The molecule has 0 radical (unpaired) electrons. The average molecular weight is 681 g/mol. The van der Waals surface area contributed by atoms with Gasteiger partial charge in [-0.3, -0.25) is 14.6 Å². The van der Waals surface area contributed by atoms with Crippen molar-refractivity contribution in [3.05, 3.63) is 137 Å². The minimum absolute atomic E-state index is 0.0191. The zero-order valence-electron chi connectivity index (χ0n) is 21.6. The predicted molar refractivity (Wildman–Crippen MR) is 170 cm³/mol. The lowest BCUT2D eigenvalue weighted by molar-refractivity contribution is -0.123. The molecule has 214 valence electrons. The number of carbonyl (C=O) groups excluding carboxylic acids is 2. The second-order valence-corrected chi connectivity index (χ2v) is 11.8. The molecule has 11 heteroatoms. The fourth-order valence-corrected chi connectivity index (χ4v) is 5.24. The first kappa shape index (κ1) is 30.6. The number of halogens is 6. The third kappa shape index (κ3) is 7.00. The zero-order chi connectivity index (χ0) is 30.0. The van der Waals surface area contributed by atoms with Gasteiger partial charge in [0.25, 0.3) is 5.91 Å². The SMILES string of the molecule is O=C1/C(=C\c2ccc(OCc3ccc(Cl)c(Cl)c3)cc2)N(Cc2ccc(Cl)c(Cl)c2)C(=O)N1Cc1ccc(Cl)c(Cl)c1. The monoisotopic (exact) mass is 678 g/mol. The number of carbonyl (C=O) groups is 2. The van der Waals surface area contributed by atoms with Crippen molar-refractivity contribution < 1.29 is 14.3 Å². The molecule has 0 aromatic heterocycles. The Morgan fingerprint density at radius 2 is 1.05 bits per heavy atom. The highest BCUT2D eigenvalue weighted by Gasteiger charge is 2.41. The van der Waals surface area contributed by atoms with Crippen molar-refractivity contribution in [1.82, 2.24) is 9.80 Å². The van der Waals surface area contributed by atoms with E-state index >= 15 is 0 Å². The second-order valence-electron chi connectivity index (χ2n) is 9.39. The molecule has 5 rings (SSSR count). The topological polar surface area (TPSA) is 49.9 Å². The van der Waals surface area contributed by atoms with Gasteiger partial charge in [0, 0.05) is 0 Å². The number of ether oxygens (including phenoxy) is 1. The molecule has 0 spiro atoms. The predicted octanol–water partition coefficient (Wildman–Crippen LogP) is 10.2. The van der Waals surface area contributed by atoms with Crippen LogP contribution in [-0.4, -0.2) is 21.7 Å². The summed E-state index contributed by atoms with van der Waals surface area (Å²) in [6.45, 7) is 0.423. The van der Waals surface area contributed by atoms with E-state index in [1.165, 1.54) is 4.90 Å². The van der Waals surface area contributed by atoms with Crippen LogP contribution in [0.2, 0.25) is 30.1 Å². The fraction of sp³-hybridized carbons (Fsp3) is 0.0968. The average Bonchev–Trinajstić information content (AvgIpc) is 3.17. The first-order chi connectivity index (χ1) is 20.1. The van der Waals surface area contributed by atoms with Crippen molar-refractivity contribution in [3.8, 4) is 5.75 Å². The van der Waals surface area contributed by atoms with Crippen LogP contribution in [0, 0.1) is 0 Å². The molecule has 0 aliphatic carbocycles. The maximum atomic E-state index is 13.6. The van der Waals surface area contributed by atoms with Gasteiger partial charge in [0.15, 0.2) is 0 Å². The number of hydrogen-bond acceptors (Lipinski definition) is 3. The maximum Gasteiger partial charge on any atom is 0.332 e. The molecule has 0 bridgehead atoms. The van der Waals surface area contributed by atoms with Gasteiger partial charge in [-0.1, -0.05) is 99.9 Å². The summed E-state index contributed by atoms with van der Waals surface area (Å²) in [5, 5.41) is 2.38. The number of hydrogen-bond donors (Lipinski definition) is 0. The Morgan fingerprint density at radius 1 is 0.571 bits per heavy atom. The molecule has 5 nitrogen and oxygen atoms in total. The molecule has 1 fully saturated rings. The first-order valence-corrected chi connectivity index (χ1v) is 14.8. The highest BCUT2D eigenvalue weighted by atomic mass is 35.5. The molecule has 1 aliphatic heterocycles. The van der Waals surface area contributed by atoms with Crippen LogP contribution in [0.3, 0.4) is 0 Å². The quantitative estimate of drug-likeness (QED) is 0.137. The van der Waals surface area contributed by atoms with Crippen molar-refractivity contribution in [2.75, 3.05) is 0 Å². The number of nitrogens with zero attached hydrogens (tertiary/aromatic N) is 2. The number of rotatable bonds is 8. The highest BCUT2D eigenvalue weighted by Crippen LogP contribution is 2.31. The van der Waals surface area contributed by atoms with Gasteiger partial charge in [-0.05, 0) is 76.9 Å². The molecule has 4 aromatic carbocycles. The van der Waals surface area contributed by atoms with E-state index in [-0.39, 0.29) is 18.8 Å². The first-order valence-electron chi connectivity index (χ1n) is 12.5. The zero-order valence-corrected chi connectivity index (χ0v) is 26.1. The molecule has 0 unspecified atom stereocenters. The Hall–Kier alpha value is -2.90. The minimum Gasteiger partial charge on any atom is -0.489 e. The van der Waals surface area contributed by atoms with Crippen molar-refractivity contribution in [2.24, 2.45) is 0 Å². The van der Waals surface area contributed by atoms with Crippen LogP contribution in [0.5, 0.6) is 5.75 Å². The van der Waals surface area contributed by atoms with Crippen LogP contribution in [0.15, 0.2) is 84.6 Å². The van der Waals surface area contributed by atoms with Crippen molar-refractivity contribution in [3.63, 3.8) is 0 Å². The molecule has 3 amide bonds. The largest absolute Gasteiger partial charge is 0.489 e. The van der Waals surface area contributed by atoms with Crippen molar-refractivity contribution >= 4 is 87.6 Å². The molecule has 0 atom stereocenters. The van der Waals surface area contributed by atoms with E-state index < -0.39 is 11.9 Å². The van der Waals surface area contributed by atoms with Gasteiger partial charge in [0.2, 0.25) is 0 Å². The fourth-order valence-electron chi connectivity index (χ4n) is 4.28. The molecular weight excluding hydrogens is 661 g/mol. The Balaban J connectivity index is 1.40. The lowest BCUT2D eigenvalue weighted by Gasteiger charge is -2.18. The summed E-state index contributed by atoms with van der Waals surface area (Å²) in [5.74, 6) is 0.164. The molecule has 4 aromatic rings. The Morgan fingerprint density at radius 3 is 1.57 bits per heavy atom. The van der Waals surface area contributed by atoms with Gasteiger partial charge in [-0.25, -0.2) is 4.79 Å². The van der Waals surface area contributed by atoms with E-state index in [4.69, 9.17) is 74.3 Å². The lowest BCUT2D eigenvalue weighted by Crippen LogP contribution is -2.32. The minimum atomic E-state index is -0.482. The van der Waals surface area contributed by atoms with Crippen molar-refractivity contribution in [2.45, 2.75) is 19.7 Å². The summed E-state index contributed by atoms with van der Waals surface area (Å²) in [5.41, 5.74) is 3.13. The maximum absolute atomic E-state index is 13.6. The number of benzene rings is 4. The normalized spacial score (nSPS) is 14.3. The molecule has 1 saturated heterocycles. The number of urea groups is 1. The summed E-state index contributed by atoms with van der Waals surface area (Å²) in [6, 6.07) is 22.0. The summed E-state index contributed by atoms with van der Waals surface area (Å²) in [4.78, 5) is 29.8. The van der Waals surface area contributed by atoms with Crippen molar-refractivity contribution in [1.29, 1.82) is 0 Å². The Labute approximate surface area is 272 Å². The lowest BCUT2D eigenvalue weighted by atomic mass is 10.1. The van der Waals surface area contributed by atoms with E-state index in [0.717, 1.165) is 10.5 Å². The van der Waals surface area contributed by atoms with Gasteiger partial charge < -0.3 is 4.74 Å². The summed E-state index contributed by atoms with van der Waals surface area (Å²) >= 11 is 36.6. The van der Waals surface area contributed by atoms with E-state index in [2.05, 4.69) is 0 Å². The van der Waals surface area contributed by atoms with Crippen LogP contribution >= 0.6 is 69.6 Å². The van der Waals surface area contributed by atoms with Gasteiger partial charge in [-0.2, -0.15) is 0 Å². The molecule has 0 saturated carbocycles. The third-order valence-electron chi connectivity index (χ3n) is 6.44. The summed E-state index contributed by atoms with van der Waals surface area (Å²) in [6.07, 6.45) is 1.66. The van der Waals surface area contributed by atoms with Crippen LogP contribution in [-0.2, 0) is 24.5 Å². The van der Waals surface area contributed by atoms with E-state index in [1.54, 1.807) is 78.9 Å². The number of imide groups is 1. The Kier molecular flexibility index (Phi) is 9.58. The highest BCUT2D eigenvalue weighted by molar-refractivity contribution is 6.43. The van der Waals surface area contributed by atoms with Gasteiger partial charge in [0.05, 0.1) is 43.2 Å². The second kappa shape index (κ2) is 13.2. The van der Waals surface area contributed by atoms with Gasteiger partial charge in [0.1, 0.15) is 18.1 Å². The Bertz CT molecular complexity index is 1710. The summed E-state index contributed by atoms with van der Waals surface area (Å²) in [7, 11) is 0. The standard InChI is InChI=1S/C31H20Cl6N2O3/c32-23-8-3-19(11-26(23)35)15-38-29(30(40)39(31(38)41)16-20-4-9-24(33)27(36)12-20)14-18-1-6-22(7-2-18)42-17-21-5-10-25(34)28(37)13-21/h1-14H,15-17H2/b29-14+. The van der Waals surface area contributed by atoms with E-state index in [0.29, 0.717) is 59.2 Å². The van der Waals surface area contributed by atoms with Crippen LogP contribution < -0.4 is 4.74 Å². The number of amides is 3. The van der Waals surface area contributed by atoms with Gasteiger partial charge in [-0.15, -0.1) is 0 Å². The van der Waals surface area contributed by atoms with Crippen LogP contribution in [0.25, 0.3) is 6.08 Å².